The summed E-state index contributed by atoms with van der Waals surface area (Å²) in [6.07, 6.45) is 0. The van der Waals surface area contributed by atoms with Gasteiger partial charge < -0.3 is 14.7 Å². The first-order valence-electron chi connectivity index (χ1n) is 6.40. The van der Waals surface area contributed by atoms with E-state index in [1.807, 2.05) is 6.92 Å². The number of hydrogen-bond donors (Lipinski definition) is 1. The van der Waals surface area contributed by atoms with E-state index in [4.69, 9.17) is 4.74 Å². The Morgan fingerprint density at radius 2 is 1.90 bits per heavy atom. The third-order valence-electron chi connectivity index (χ3n) is 3.04. The van der Waals surface area contributed by atoms with E-state index in [9.17, 15) is 9.90 Å². The number of rotatable bonds is 4. The standard InChI is InChI=1S/C16H17NO3/c1-3-17(13-5-4-6-14(18)11-13)16(19)12-7-9-15(20-2)10-8-12/h4-11,18H,3H2,1-2H3. The Hall–Kier alpha value is -2.49. The molecule has 104 valence electrons. The van der Waals surface area contributed by atoms with Crippen LogP contribution in [0.3, 0.4) is 0 Å². The van der Waals surface area contributed by atoms with E-state index in [2.05, 4.69) is 0 Å². The predicted octanol–water partition coefficient (Wildman–Crippen LogP) is 3.07. The van der Waals surface area contributed by atoms with E-state index >= 15 is 0 Å². The average Bonchev–Trinajstić information content (AvgIpc) is 2.48. The van der Waals surface area contributed by atoms with Gasteiger partial charge in [0.15, 0.2) is 0 Å². The highest BCUT2D eigenvalue weighted by atomic mass is 16.5. The summed E-state index contributed by atoms with van der Waals surface area (Å²) < 4.78 is 5.08. The van der Waals surface area contributed by atoms with Gasteiger partial charge in [-0.05, 0) is 43.3 Å². The molecule has 0 atom stereocenters. The molecule has 4 heteroatoms. The van der Waals surface area contributed by atoms with Gasteiger partial charge in [0.05, 0.1) is 7.11 Å². The van der Waals surface area contributed by atoms with Gasteiger partial charge in [0.25, 0.3) is 5.91 Å². The summed E-state index contributed by atoms with van der Waals surface area (Å²) in [6, 6.07) is 13.6. The van der Waals surface area contributed by atoms with Crippen molar-refractivity contribution in [1.29, 1.82) is 0 Å². The Morgan fingerprint density at radius 1 is 1.20 bits per heavy atom. The van der Waals surface area contributed by atoms with Crippen molar-refractivity contribution in [2.75, 3.05) is 18.6 Å². The molecule has 2 aromatic carbocycles. The minimum absolute atomic E-state index is 0.110. The first kappa shape index (κ1) is 13.9. The van der Waals surface area contributed by atoms with E-state index in [0.717, 1.165) is 0 Å². The minimum atomic E-state index is -0.110. The number of benzene rings is 2. The number of amides is 1. The van der Waals surface area contributed by atoms with Crippen LogP contribution in [0, 0.1) is 0 Å². The van der Waals surface area contributed by atoms with Gasteiger partial charge in [-0.1, -0.05) is 6.07 Å². The van der Waals surface area contributed by atoms with Crippen LogP contribution in [0.15, 0.2) is 48.5 Å². The molecule has 1 N–H and O–H groups in total. The molecule has 0 spiro atoms. The summed E-state index contributed by atoms with van der Waals surface area (Å²) in [4.78, 5) is 14.1. The highest BCUT2D eigenvalue weighted by Crippen LogP contribution is 2.22. The van der Waals surface area contributed by atoms with Crippen molar-refractivity contribution in [1.82, 2.24) is 0 Å². The maximum absolute atomic E-state index is 12.5. The molecule has 20 heavy (non-hydrogen) atoms. The van der Waals surface area contributed by atoms with Crippen LogP contribution in [-0.2, 0) is 0 Å². The third-order valence-corrected chi connectivity index (χ3v) is 3.04. The lowest BCUT2D eigenvalue weighted by atomic mass is 10.1. The van der Waals surface area contributed by atoms with Gasteiger partial charge in [0.2, 0.25) is 0 Å². The molecule has 0 aliphatic heterocycles. The molecule has 0 aliphatic carbocycles. The topological polar surface area (TPSA) is 49.8 Å². The van der Waals surface area contributed by atoms with E-state index in [1.54, 1.807) is 60.5 Å². The van der Waals surface area contributed by atoms with Crippen molar-refractivity contribution < 1.29 is 14.6 Å². The summed E-state index contributed by atoms with van der Waals surface area (Å²) in [5.41, 5.74) is 1.25. The predicted molar refractivity (Wildman–Crippen MR) is 78.5 cm³/mol. The fourth-order valence-electron chi connectivity index (χ4n) is 1.99. The SMILES string of the molecule is CCN(C(=O)c1ccc(OC)cc1)c1cccc(O)c1. The second-order valence-corrected chi connectivity index (χ2v) is 4.30. The molecular weight excluding hydrogens is 254 g/mol. The van der Waals surface area contributed by atoms with E-state index in [1.165, 1.54) is 0 Å². The van der Waals surface area contributed by atoms with E-state index < -0.39 is 0 Å². The van der Waals surface area contributed by atoms with Gasteiger partial charge in [-0.25, -0.2) is 0 Å². The number of methoxy groups -OCH3 is 1. The van der Waals surface area contributed by atoms with Crippen LogP contribution in [0.25, 0.3) is 0 Å². The zero-order chi connectivity index (χ0) is 14.5. The largest absolute Gasteiger partial charge is 0.508 e. The number of aromatic hydroxyl groups is 1. The van der Waals surface area contributed by atoms with Crippen molar-refractivity contribution in [3.05, 3.63) is 54.1 Å². The molecule has 4 nitrogen and oxygen atoms in total. The maximum atomic E-state index is 12.5. The fourth-order valence-corrected chi connectivity index (χ4v) is 1.99. The maximum Gasteiger partial charge on any atom is 0.258 e. The summed E-state index contributed by atoms with van der Waals surface area (Å²) in [7, 11) is 1.59. The molecule has 1 amide bonds. The van der Waals surface area contributed by atoms with Crippen molar-refractivity contribution in [3.8, 4) is 11.5 Å². The first-order chi connectivity index (χ1) is 9.65. The normalized spacial score (nSPS) is 10.1. The van der Waals surface area contributed by atoms with Crippen LogP contribution in [0.5, 0.6) is 11.5 Å². The Bertz CT molecular complexity index is 593. The smallest absolute Gasteiger partial charge is 0.258 e. The number of ether oxygens (including phenoxy) is 1. The van der Waals surface area contributed by atoms with Gasteiger partial charge in [0, 0.05) is 23.9 Å². The summed E-state index contributed by atoms with van der Waals surface area (Å²) in [5.74, 6) is 0.742. The molecule has 0 radical (unpaired) electrons. The number of carbonyl (C=O) groups is 1. The monoisotopic (exact) mass is 271 g/mol. The molecule has 0 aliphatic rings. The van der Waals surface area contributed by atoms with Crippen LogP contribution in [0.2, 0.25) is 0 Å². The number of phenols is 1. The molecular formula is C16H17NO3. The van der Waals surface area contributed by atoms with E-state index in [-0.39, 0.29) is 11.7 Å². The second kappa shape index (κ2) is 6.10. The van der Waals surface area contributed by atoms with Gasteiger partial charge in [-0.2, -0.15) is 0 Å². The number of carbonyl (C=O) groups excluding carboxylic acids is 1. The highest BCUT2D eigenvalue weighted by molar-refractivity contribution is 6.06. The van der Waals surface area contributed by atoms with Gasteiger partial charge in [0.1, 0.15) is 11.5 Å². The number of hydrogen-bond acceptors (Lipinski definition) is 3. The average molecular weight is 271 g/mol. The quantitative estimate of drug-likeness (QED) is 0.929. The van der Waals surface area contributed by atoms with Crippen LogP contribution in [0.4, 0.5) is 5.69 Å². The lowest BCUT2D eigenvalue weighted by molar-refractivity contribution is 0.0988. The molecule has 2 rings (SSSR count). The van der Waals surface area contributed by atoms with Crippen molar-refractivity contribution in [3.63, 3.8) is 0 Å². The van der Waals surface area contributed by atoms with Gasteiger partial charge in [-0.3, -0.25) is 4.79 Å². The van der Waals surface area contributed by atoms with Crippen molar-refractivity contribution in [2.45, 2.75) is 6.92 Å². The van der Waals surface area contributed by atoms with E-state index in [0.29, 0.717) is 23.5 Å². The number of anilines is 1. The van der Waals surface area contributed by atoms with Crippen molar-refractivity contribution in [2.24, 2.45) is 0 Å². The van der Waals surface area contributed by atoms with Crippen LogP contribution >= 0.6 is 0 Å². The zero-order valence-electron chi connectivity index (χ0n) is 11.5. The van der Waals surface area contributed by atoms with Gasteiger partial charge in [-0.15, -0.1) is 0 Å². The molecule has 0 saturated heterocycles. The second-order valence-electron chi connectivity index (χ2n) is 4.30. The summed E-state index contributed by atoms with van der Waals surface area (Å²) >= 11 is 0. The molecule has 0 fully saturated rings. The Balaban J connectivity index is 2.28. The third kappa shape index (κ3) is 2.91. The first-order valence-corrected chi connectivity index (χ1v) is 6.40. The summed E-state index contributed by atoms with van der Waals surface area (Å²) in [5, 5.41) is 9.52. The minimum Gasteiger partial charge on any atom is -0.508 e. The van der Waals surface area contributed by atoms with Crippen LogP contribution in [0.1, 0.15) is 17.3 Å². The lowest BCUT2D eigenvalue weighted by Gasteiger charge is -2.21. The molecule has 0 bridgehead atoms. The molecule has 2 aromatic rings. The highest BCUT2D eigenvalue weighted by Gasteiger charge is 2.16. The van der Waals surface area contributed by atoms with Gasteiger partial charge >= 0.3 is 0 Å². The molecule has 0 heterocycles. The van der Waals surface area contributed by atoms with Crippen LogP contribution < -0.4 is 9.64 Å². The summed E-state index contributed by atoms with van der Waals surface area (Å²) in [6.45, 7) is 2.42. The lowest BCUT2D eigenvalue weighted by Crippen LogP contribution is -2.30. The number of nitrogens with zero attached hydrogens (tertiary/aromatic N) is 1. The Morgan fingerprint density at radius 3 is 2.45 bits per heavy atom. The zero-order valence-corrected chi connectivity index (χ0v) is 11.5. The van der Waals surface area contributed by atoms with Crippen LogP contribution in [-0.4, -0.2) is 24.7 Å². The fraction of sp³-hybridized carbons (Fsp3) is 0.188. The molecule has 0 unspecified atom stereocenters. The molecule has 0 aromatic heterocycles. The number of phenolic OH excluding ortho intramolecular Hbond substituents is 1. The van der Waals surface area contributed by atoms with Crippen molar-refractivity contribution >= 4 is 11.6 Å². The Kier molecular flexibility index (Phi) is 4.25. The molecule has 0 saturated carbocycles. The Labute approximate surface area is 118 Å².